The second-order valence-corrected chi connectivity index (χ2v) is 5.91. The molecule has 0 fully saturated rings. The molecule has 0 radical (unpaired) electrons. The number of hydrogen-bond acceptors (Lipinski definition) is 1. The Labute approximate surface area is 134 Å². The van der Waals surface area contributed by atoms with Crippen LogP contribution in [-0.2, 0) is 0 Å². The molecule has 116 valence electrons. The molecular formula is C21H26O. The molecule has 2 aromatic rings. The summed E-state index contributed by atoms with van der Waals surface area (Å²) >= 11 is 0. The van der Waals surface area contributed by atoms with Gasteiger partial charge in [0.1, 0.15) is 6.29 Å². The molecule has 0 heterocycles. The molecule has 0 spiro atoms. The lowest BCUT2D eigenvalue weighted by molar-refractivity contribution is 0.112. The van der Waals surface area contributed by atoms with E-state index in [0.717, 1.165) is 18.3 Å². The number of carbonyl (C=O) groups excluding carboxylic acids is 1. The van der Waals surface area contributed by atoms with Crippen molar-refractivity contribution in [1.82, 2.24) is 0 Å². The first-order chi connectivity index (χ1) is 10.9. The van der Waals surface area contributed by atoms with Gasteiger partial charge in [-0.3, -0.25) is 4.79 Å². The van der Waals surface area contributed by atoms with Crippen molar-refractivity contribution in [2.45, 2.75) is 51.4 Å². The van der Waals surface area contributed by atoms with Crippen LogP contribution < -0.4 is 0 Å². The molecule has 22 heavy (non-hydrogen) atoms. The fraction of sp³-hybridized carbons (Fsp3) is 0.381. The molecule has 0 bridgehead atoms. The number of unbranched alkanes of at least 4 members (excludes halogenated alkanes) is 4. The van der Waals surface area contributed by atoms with Gasteiger partial charge in [-0.15, -0.1) is 0 Å². The Kier molecular flexibility index (Phi) is 6.89. The molecule has 1 heteroatoms. The lowest BCUT2D eigenvalue weighted by atomic mass is 9.84. The maximum absolute atomic E-state index is 11.4. The van der Waals surface area contributed by atoms with Crippen LogP contribution in [0, 0.1) is 0 Å². The quantitative estimate of drug-likeness (QED) is 0.410. The third kappa shape index (κ3) is 4.56. The van der Waals surface area contributed by atoms with Gasteiger partial charge >= 0.3 is 0 Å². The summed E-state index contributed by atoms with van der Waals surface area (Å²) in [6, 6.07) is 18.6. The molecular weight excluding hydrogens is 268 g/mol. The van der Waals surface area contributed by atoms with Gasteiger partial charge in [0.25, 0.3) is 0 Å². The second-order valence-electron chi connectivity index (χ2n) is 5.91. The van der Waals surface area contributed by atoms with Gasteiger partial charge in [0.05, 0.1) is 0 Å². The van der Waals surface area contributed by atoms with Crippen LogP contribution in [0.25, 0.3) is 0 Å². The van der Waals surface area contributed by atoms with E-state index < -0.39 is 0 Å². The van der Waals surface area contributed by atoms with E-state index in [1.54, 1.807) is 0 Å². The molecule has 0 aliphatic carbocycles. The lowest BCUT2D eigenvalue weighted by Crippen LogP contribution is -2.05. The second kappa shape index (κ2) is 9.19. The van der Waals surface area contributed by atoms with E-state index in [1.165, 1.54) is 43.2 Å². The Morgan fingerprint density at radius 1 is 0.864 bits per heavy atom. The number of hydrogen-bond donors (Lipinski definition) is 0. The summed E-state index contributed by atoms with van der Waals surface area (Å²) in [5.74, 6) is 0.323. The summed E-state index contributed by atoms with van der Waals surface area (Å²) in [5.41, 5.74) is 3.30. The standard InChI is InChI=1S/C21H26O/c1-2-3-4-5-9-15-20(18-12-7-6-8-13-18)21-16-11-10-14-19(21)17-22/h6-8,10-14,16-17,20H,2-5,9,15H2,1H3. The minimum absolute atomic E-state index is 0.323. The average Bonchev–Trinajstić information content (AvgIpc) is 2.59. The van der Waals surface area contributed by atoms with E-state index in [-0.39, 0.29) is 0 Å². The first-order valence-electron chi connectivity index (χ1n) is 8.46. The monoisotopic (exact) mass is 294 g/mol. The van der Waals surface area contributed by atoms with Crippen molar-refractivity contribution < 1.29 is 4.79 Å². The summed E-state index contributed by atoms with van der Waals surface area (Å²) in [5, 5.41) is 0. The van der Waals surface area contributed by atoms with E-state index in [4.69, 9.17) is 0 Å². The summed E-state index contributed by atoms with van der Waals surface area (Å²) in [6.45, 7) is 2.24. The van der Waals surface area contributed by atoms with Crippen LogP contribution in [0.15, 0.2) is 54.6 Å². The van der Waals surface area contributed by atoms with E-state index in [1.807, 2.05) is 24.3 Å². The summed E-state index contributed by atoms with van der Waals surface area (Å²) in [4.78, 5) is 11.4. The molecule has 0 amide bonds. The van der Waals surface area contributed by atoms with E-state index in [9.17, 15) is 4.79 Å². The molecule has 0 aromatic heterocycles. The molecule has 0 N–H and O–H groups in total. The smallest absolute Gasteiger partial charge is 0.150 e. The Hall–Kier alpha value is -1.89. The minimum Gasteiger partial charge on any atom is -0.298 e. The molecule has 2 aromatic carbocycles. The van der Waals surface area contributed by atoms with E-state index >= 15 is 0 Å². The van der Waals surface area contributed by atoms with Crippen LogP contribution in [0.3, 0.4) is 0 Å². The van der Waals surface area contributed by atoms with Crippen LogP contribution in [0.5, 0.6) is 0 Å². The van der Waals surface area contributed by atoms with Gasteiger partial charge in [-0.1, -0.05) is 93.6 Å². The Balaban J connectivity index is 2.17. The van der Waals surface area contributed by atoms with Crippen molar-refractivity contribution in [3.05, 3.63) is 71.3 Å². The van der Waals surface area contributed by atoms with Gasteiger partial charge in [-0.2, -0.15) is 0 Å². The van der Waals surface area contributed by atoms with Crippen molar-refractivity contribution in [3.8, 4) is 0 Å². The largest absolute Gasteiger partial charge is 0.298 e. The Morgan fingerprint density at radius 2 is 1.55 bits per heavy atom. The number of aldehydes is 1. The number of rotatable bonds is 9. The molecule has 2 rings (SSSR count). The molecule has 0 saturated heterocycles. The van der Waals surface area contributed by atoms with Crippen molar-refractivity contribution in [3.63, 3.8) is 0 Å². The van der Waals surface area contributed by atoms with Crippen molar-refractivity contribution in [2.75, 3.05) is 0 Å². The van der Waals surface area contributed by atoms with Gasteiger partial charge in [0.2, 0.25) is 0 Å². The van der Waals surface area contributed by atoms with Crippen LogP contribution in [0.2, 0.25) is 0 Å². The van der Waals surface area contributed by atoms with Gasteiger partial charge < -0.3 is 0 Å². The predicted molar refractivity (Wildman–Crippen MR) is 93.5 cm³/mol. The zero-order valence-corrected chi connectivity index (χ0v) is 13.5. The third-order valence-electron chi connectivity index (χ3n) is 4.30. The number of carbonyl (C=O) groups is 1. The van der Waals surface area contributed by atoms with Crippen LogP contribution in [0.4, 0.5) is 0 Å². The van der Waals surface area contributed by atoms with Crippen LogP contribution in [0.1, 0.15) is 72.9 Å². The van der Waals surface area contributed by atoms with Gasteiger partial charge in [-0.25, -0.2) is 0 Å². The fourth-order valence-corrected chi connectivity index (χ4v) is 3.07. The summed E-state index contributed by atoms with van der Waals surface area (Å²) in [6.07, 6.45) is 8.50. The molecule has 1 unspecified atom stereocenters. The first-order valence-corrected chi connectivity index (χ1v) is 8.46. The summed E-state index contributed by atoms with van der Waals surface area (Å²) < 4.78 is 0. The van der Waals surface area contributed by atoms with Gasteiger partial charge in [0, 0.05) is 11.5 Å². The Bertz CT molecular complexity index is 559. The third-order valence-corrected chi connectivity index (χ3v) is 4.30. The van der Waals surface area contributed by atoms with Crippen molar-refractivity contribution in [2.24, 2.45) is 0 Å². The summed E-state index contributed by atoms with van der Waals surface area (Å²) in [7, 11) is 0. The van der Waals surface area contributed by atoms with Gasteiger partial charge in [-0.05, 0) is 17.5 Å². The van der Waals surface area contributed by atoms with Crippen LogP contribution >= 0.6 is 0 Å². The highest BCUT2D eigenvalue weighted by molar-refractivity contribution is 5.77. The van der Waals surface area contributed by atoms with Crippen LogP contribution in [-0.4, -0.2) is 6.29 Å². The minimum atomic E-state index is 0.323. The zero-order chi connectivity index (χ0) is 15.6. The SMILES string of the molecule is CCCCCCCC(c1ccccc1)c1ccccc1C=O. The topological polar surface area (TPSA) is 17.1 Å². The predicted octanol–water partition coefficient (Wildman–Crippen LogP) is 5.99. The van der Waals surface area contributed by atoms with E-state index in [0.29, 0.717) is 5.92 Å². The maximum Gasteiger partial charge on any atom is 0.150 e. The van der Waals surface area contributed by atoms with E-state index in [2.05, 4.69) is 37.3 Å². The average molecular weight is 294 g/mol. The molecule has 1 nitrogen and oxygen atoms in total. The normalized spacial score (nSPS) is 12.0. The first kappa shape index (κ1) is 16.5. The Morgan fingerprint density at radius 3 is 2.27 bits per heavy atom. The highest BCUT2D eigenvalue weighted by Crippen LogP contribution is 2.31. The molecule has 1 atom stereocenters. The lowest BCUT2D eigenvalue weighted by Gasteiger charge is -2.19. The number of benzene rings is 2. The zero-order valence-electron chi connectivity index (χ0n) is 13.5. The van der Waals surface area contributed by atoms with Crippen molar-refractivity contribution >= 4 is 6.29 Å². The highest BCUT2D eigenvalue weighted by atomic mass is 16.1. The van der Waals surface area contributed by atoms with Crippen molar-refractivity contribution in [1.29, 1.82) is 0 Å². The van der Waals surface area contributed by atoms with Gasteiger partial charge in [0.15, 0.2) is 0 Å². The molecule has 0 aliphatic heterocycles. The highest BCUT2D eigenvalue weighted by Gasteiger charge is 2.16. The maximum atomic E-state index is 11.4. The molecule has 0 saturated carbocycles. The fourth-order valence-electron chi connectivity index (χ4n) is 3.07. The molecule has 0 aliphatic rings.